The fourth-order valence-electron chi connectivity index (χ4n) is 1.86. The van der Waals surface area contributed by atoms with Crippen LogP contribution in [0.5, 0.6) is 5.75 Å². The van der Waals surface area contributed by atoms with Crippen molar-refractivity contribution >= 4 is 11.5 Å². The van der Waals surface area contributed by atoms with E-state index >= 15 is 0 Å². The lowest BCUT2D eigenvalue weighted by atomic mass is 10.1. The molecule has 0 atom stereocenters. The van der Waals surface area contributed by atoms with Crippen LogP contribution in [0.4, 0.5) is 5.69 Å². The van der Waals surface area contributed by atoms with Gasteiger partial charge in [0.05, 0.1) is 7.11 Å². The summed E-state index contributed by atoms with van der Waals surface area (Å²) in [6.07, 6.45) is 1.85. The summed E-state index contributed by atoms with van der Waals surface area (Å²) in [5.74, 6) is 0.883. The highest BCUT2D eigenvalue weighted by Crippen LogP contribution is 2.27. The molecule has 0 aliphatic carbocycles. The Morgan fingerprint density at radius 1 is 1.35 bits per heavy atom. The number of rotatable bonds is 3. The molecule has 17 heavy (non-hydrogen) atoms. The fourth-order valence-corrected chi connectivity index (χ4v) is 1.86. The second kappa shape index (κ2) is 4.45. The summed E-state index contributed by atoms with van der Waals surface area (Å²) in [5.41, 5.74) is 2.61. The van der Waals surface area contributed by atoms with Crippen molar-refractivity contribution in [1.29, 1.82) is 0 Å². The lowest BCUT2D eigenvalue weighted by Crippen LogP contribution is -2.12. The van der Waals surface area contributed by atoms with E-state index in [1.54, 1.807) is 14.0 Å². The van der Waals surface area contributed by atoms with Crippen molar-refractivity contribution < 1.29 is 9.53 Å². The first-order chi connectivity index (χ1) is 8.11. The molecule has 0 bridgehead atoms. The summed E-state index contributed by atoms with van der Waals surface area (Å²) in [7, 11) is 1.64. The van der Waals surface area contributed by atoms with Gasteiger partial charge in [-0.25, -0.2) is 0 Å². The maximum absolute atomic E-state index is 11.4. The van der Waals surface area contributed by atoms with Crippen molar-refractivity contribution in [2.75, 3.05) is 18.6 Å². The zero-order chi connectivity index (χ0) is 12.4. The normalized spacial score (nSPS) is 14.8. The lowest BCUT2D eigenvalue weighted by molar-refractivity contribution is -0.113. The maximum atomic E-state index is 11.4. The first kappa shape index (κ1) is 11.5. The Kier molecular flexibility index (Phi) is 3.00. The van der Waals surface area contributed by atoms with Crippen LogP contribution in [0, 0.1) is 0 Å². The van der Waals surface area contributed by atoms with Crippen LogP contribution in [0.15, 0.2) is 48.2 Å². The Morgan fingerprint density at radius 2 is 2.00 bits per heavy atom. The van der Waals surface area contributed by atoms with E-state index in [9.17, 15) is 4.79 Å². The molecule has 0 N–H and O–H groups in total. The Hall–Kier alpha value is -2.03. The van der Waals surface area contributed by atoms with Crippen molar-refractivity contribution in [1.82, 2.24) is 0 Å². The van der Waals surface area contributed by atoms with Crippen molar-refractivity contribution in [2.45, 2.75) is 6.92 Å². The molecule has 0 unspecified atom stereocenters. The van der Waals surface area contributed by atoms with E-state index in [2.05, 4.69) is 6.58 Å². The molecular formula is C14H15NO2. The van der Waals surface area contributed by atoms with E-state index in [1.807, 2.05) is 35.4 Å². The quantitative estimate of drug-likeness (QED) is 0.797. The van der Waals surface area contributed by atoms with E-state index in [-0.39, 0.29) is 5.78 Å². The highest BCUT2D eigenvalue weighted by molar-refractivity contribution is 5.99. The molecule has 1 aromatic carbocycles. The molecule has 1 heterocycles. The molecule has 3 nitrogen and oxygen atoms in total. The number of methoxy groups -OCH3 is 1. The van der Waals surface area contributed by atoms with E-state index in [4.69, 9.17) is 4.74 Å². The number of Topliss-reactive ketones (excluding diaryl/α,β-unsaturated/α-hetero) is 1. The van der Waals surface area contributed by atoms with Crippen molar-refractivity contribution in [3.63, 3.8) is 0 Å². The summed E-state index contributed by atoms with van der Waals surface area (Å²) in [4.78, 5) is 13.4. The van der Waals surface area contributed by atoms with Crippen LogP contribution in [0.3, 0.4) is 0 Å². The van der Waals surface area contributed by atoms with Gasteiger partial charge in [-0.05, 0) is 36.8 Å². The van der Waals surface area contributed by atoms with Gasteiger partial charge in [-0.1, -0.05) is 6.58 Å². The van der Waals surface area contributed by atoms with E-state index in [1.165, 1.54) is 0 Å². The minimum absolute atomic E-state index is 0.0611. The molecule has 3 heteroatoms. The van der Waals surface area contributed by atoms with E-state index < -0.39 is 0 Å². The molecule has 0 fully saturated rings. The van der Waals surface area contributed by atoms with Crippen LogP contribution in [0.1, 0.15) is 6.92 Å². The molecule has 1 aliphatic rings. The van der Waals surface area contributed by atoms with Gasteiger partial charge in [0.15, 0.2) is 5.78 Å². The highest BCUT2D eigenvalue weighted by atomic mass is 16.5. The summed E-state index contributed by atoms with van der Waals surface area (Å²) < 4.78 is 5.11. The first-order valence-electron chi connectivity index (χ1n) is 5.43. The summed E-state index contributed by atoms with van der Waals surface area (Å²) in [6, 6.07) is 7.73. The number of ketones is 1. The Balaban J connectivity index is 2.24. The summed E-state index contributed by atoms with van der Waals surface area (Å²) >= 11 is 0. The molecule has 1 aliphatic heterocycles. The van der Waals surface area contributed by atoms with Gasteiger partial charge in [-0.2, -0.15) is 0 Å². The average molecular weight is 229 g/mol. The smallest absolute Gasteiger partial charge is 0.161 e. The number of hydrogen-bond acceptors (Lipinski definition) is 3. The molecule has 0 spiro atoms. The lowest BCUT2D eigenvalue weighted by Gasteiger charge is -2.15. The summed E-state index contributed by atoms with van der Waals surface area (Å²) in [5, 5.41) is 0. The van der Waals surface area contributed by atoms with Gasteiger partial charge in [0, 0.05) is 24.0 Å². The SMILES string of the molecule is C=C1CN(c2ccc(OC)cc2)C=C1C(C)=O. The van der Waals surface area contributed by atoms with Gasteiger partial charge >= 0.3 is 0 Å². The first-order valence-corrected chi connectivity index (χ1v) is 5.43. The van der Waals surface area contributed by atoms with Gasteiger partial charge in [0.2, 0.25) is 0 Å². The number of anilines is 1. The number of carbonyl (C=O) groups is 1. The number of carbonyl (C=O) groups excluding carboxylic acids is 1. The van der Waals surface area contributed by atoms with Crippen molar-refractivity contribution in [3.05, 3.63) is 48.2 Å². The monoisotopic (exact) mass is 229 g/mol. The van der Waals surface area contributed by atoms with E-state index in [0.29, 0.717) is 12.1 Å². The molecule has 2 rings (SSSR count). The van der Waals surface area contributed by atoms with Gasteiger partial charge in [0.25, 0.3) is 0 Å². The minimum atomic E-state index is 0.0611. The van der Waals surface area contributed by atoms with Gasteiger partial charge in [-0.15, -0.1) is 0 Å². The Labute approximate surface area is 101 Å². The van der Waals surface area contributed by atoms with Crippen LogP contribution in [0.25, 0.3) is 0 Å². The number of nitrogens with zero attached hydrogens (tertiary/aromatic N) is 1. The van der Waals surface area contributed by atoms with Crippen LogP contribution in [0.2, 0.25) is 0 Å². The van der Waals surface area contributed by atoms with E-state index in [0.717, 1.165) is 17.0 Å². The molecule has 0 saturated carbocycles. The number of benzene rings is 1. The molecule has 0 amide bonds. The molecule has 0 saturated heterocycles. The van der Waals surface area contributed by atoms with Crippen LogP contribution in [-0.4, -0.2) is 19.4 Å². The number of ether oxygens (including phenoxy) is 1. The standard InChI is InChI=1S/C14H15NO2/c1-10-8-15(9-14(10)11(2)16)12-4-6-13(17-3)7-5-12/h4-7,9H,1,8H2,2-3H3. The van der Waals surface area contributed by atoms with Crippen molar-refractivity contribution in [3.8, 4) is 5.75 Å². The third kappa shape index (κ3) is 2.23. The van der Waals surface area contributed by atoms with Crippen LogP contribution in [-0.2, 0) is 4.79 Å². The second-order valence-electron chi connectivity index (χ2n) is 4.03. The predicted molar refractivity (Wildman–Crippen MR) is 68.2 cm³/mol. The second-order valence-corrected chi connectivity index (χ2v) is 4.03. The molecule has 1 aromatic rings. The average Bonchev–Trinajstić information content (AvgIpc) is 2.71. The zero-order valence-corrected chi connectivity index (χ0v) is 10.1. The van der Waals surface area contributed by atoms with Gasteiger partial charge in [0.1, 0.15) is 5.75 Å². The number of hydrogen-bond donors (Lipinski definition) is 0. The summed E-state index contributed by atoms with van der Waals surface area (Å²) in [6.45, 7) is 6.14. The fraction of sp³-hybridized carbons (Fsp3) is 0.214. The largest absolute Gasteiger partial charge is 0.497 e. The highest BCUT2D eigenvalue weighted by Gasteiger charge is 2.20. The molecule has 0 radical (unpaired) electrons. The van der Waals surface area contributed by atoms with Crippen LogP contribution >= 0.6 is 0 Å². The van der Waals surface area contributed by atoms with Crippen molar-refractivity contribution in [2.24, 2.45) is 0 Å². The minimum Gasteiger partial charge on any atom is -0.497 e. The molecule has 88 valence electrons. The third-order valence-corrected chi connectivity index (χ3v) is 2.81. The Morgan fingerprint density at radius 3 is 2.47 bits per heavy atom. The van der Waals surface area contributed by atoms with Gasteiger partial charge in [-0.3, -0.25) is 4.79 Å². The molecule has 0 aromatic heterocycles. The zero-order valence-electron chi connectivity index (χ0n) is 10.1. The predicted octanol–water partition coefficient (Wildman–Crippen LogP) is 2.54. The maximum Gasteiger partial charge on any atom is 0.161 e. The third-order valence-electron chi connectivity index (χ3n) is 2.81. The van der Waals surface area contributed by atoms with Crippen LogP contribution < -0.4 is 9.64 Å². The van der Waals surface area contributed by atoms with Gasteiger partial charge < -0.3 is 9.64 Å². The molecular weight excluding hydrogens is 214 g/mol. The topological polar surface area (TPSA) is 29.5 Å². The Bertz CT molecular complexity index is 485.